The molecule has 35 heavy (non-hydrogen) atoms. The van der Waals surface area contributed by atoms with Crippen LogP contribution in [0.5, 0.6) is 0 Å². The fourth-order valence-electron chi connectivity index (χ4n) is 3.24. The van der Waals surface area contributed by atoms with Crippen LogP contribution in [0.4, 0.5) is 5.00 Å². The zero-order valence-corrected chi connectivity index (χ0v) is 22.1. The van der Waals surface area contributed by atoms with Gasteiger partial charge in [-0.2, -0.15) is 4.31 Å². The van der Waals surface area contributed by atoms with Crippen LogP contribution >= 0.6 is 34.5 Å². The molecule has 1 aromatic heterocycles. The molecule has 0 saturated carbocycles. The Kier molecular flexibility index (Phi) is 8.78. The molecule has 1 saturated heterocycles. The second-order valence-corrected chi connectivity index (χ2v) is 11.3. The summed E-state index contributed by atoms with van der Waals surface area (Å²) in [6, 6.07) is 2.16. The molecule has 0 aliphatic carbocycles. The van der Waals surface area contributed by atoms with E-state index in [-0.39, 0.29) is 57.4 Å². The number of hydrogen-bond acceptors (Lipinski definition) is 9. The number of benzene rings is 1. The van der Waals surface area contributed by atoms with E-state index in [1.807, 2.05) is 0 Å². The molecule has 190 valence electrons. The Morgan fingerprint density at radius 1 is 1.11 bits per heavy atom. The van der Waals surface area contributed by atoms with Crippen molar-refractivity contribution in [2.45, 2.75) is 18.7 Å². The highest BCUT2D eigenvalue weighted by molar-refractivity contribution is 7.89. The fraction of sp³-hybridized carbons (Fsp3) is 0.381. The van der Waals surface area contributed by atoms with E-state index in [0.29, 0.717) is 5.56 Å². The largest absolute Gasteiger partial charge is 0.465 e. The maximum absolute atomic E-state index is 13.0. The van der Waals surface area contributed by atoms with Crippen LogP contribution in [-0.2, 0) is 29.0 Å². The van der Waals surface area contributed by atoms with Gasteiger partial charge in [-0.1, -0.05) is 23.2 Å². The Balaban J connectivity index is 1.75. The predicted octanol–water partition coefficient (Wildman–Crippen LogP) is 3.27. The van der Waals surface area contributed by atoms with Gasteiger partial charge in [0.25, 0.3) is 5.91 Å². The first-order chi connectivity index (χ1) is 16.5. The van der Waals surface area contributed by atoms with Crippen LogP contribution in [-0.4, -0.2) is 70.6 Å². The maximum atomic E-state index is 13.0. The molecule has 0 spiro atoms. The standard InChI is InChI=1S/C21H22Cl2N2O8S2/c1-11-12(2)34-19(18(11)21(28)31-3)24-17(26)10-33-20(27)13-8-16(15(23)9-14(13)22)35(29,30)25-4-6-32-7-5-25/h8-9H,4-7,10H2,1-3H3,(H,24,26). The average molecular weight is 565 g/mol. The number of amides is 1. The molecule has 10 nitrogen and oxygen atoms in total. The molecule has 2 aromatic rings. The van der Waals surface area contributed by atoms with Crippen LogP contribution in [0.15, 0.2) is 17.0 Å². The number of nitrogens with zero attached hydrogens (tertiary/aromatic N) is 1. The summed E-state index contributed by atoms with van der Waals surface area (Å²) in [7, 11) is -2.79. The number of carbonyl (C=O) groups is 3. The van der Waals surface area contributed by atoms with Gasteiger partial charge in [0.15, 0.2) is 6.61 Å². The summed E-state index contributed by atoms with van der Waals surface area (Å²) in [5.74, 6) is -2.34. The molecule has 0 radical (unpaired) electrons. The van der Waals surface area contributed by atoms with Gasteiger partial charge in [-0.25, -0.2) is 18.0 Å². The normalized spacial score (nSPS) is 14.4. The Bertz CT molecular complexity index is 1270. The number of morpholine rings is 1. The number of carbonyl (C=O) groups excluding carboxylic acids is 3. The number of hydrogen-bond donors (Lipinski definition) is 1. The molecule has 0 atom stereocenters. The maximum Gasteiger partial charge on any atom is 0.341 e. The molecule has 1 fully saturated rings. The van der Waals surface area contributed by atoms with Crippen LogP contribution in [0, 0.1) is 13.8 Å². The van der Waals surface area contributed by atoms with E-state index in [1.54, 1.807) is 13.8 Å². The zero-order valence-electron chi connectivity index (χ0n) is 19.0. The van der Waals surface area contributed by atoms with Crippen LogP contribution in [0.1, 0.15) is 31.2 Å². The van der Waals surface area contributed by atoms with Crippen molar-refractivity contribution in [1.82, 2.24) is 4.31 Å². The summed E-state index contributed by atoms with van der Waals surface area (Å²) in [6.45, 7) is 3.53. The van der Waals surface area contributed by atoms with Crippen molar-refractivity contribution in [3.05, 3.63) is 43.7 Å². The van der Waals surface area contributed by atoms with E-state index < -0.39 is 34.5 Å². The Morgan fingerprint density at radius 3 is 2.40 bits per heavy atom. The highest BCUT2D eigenvalue weighted by atomic mass is 35.5. The van der Waals surface area contributed by atoms with Gasteiger partial charge < -0.3 is 19.5 Å². The minimum atomic E-state index is -4.02. The Morgan fingerprint density at radius 2 is 1.77 bits per heavy atom. The molecular formula is C21H22Cl2N2O8S2. The number of ether oxygens (including phenoxy) is 3. The van der Waals surface area contributed by atoms with Crippen molar-refractivity contribution in [2.24, 2.45) is 0 Å². The quantitative estimate of drug-likeness (QED) is 0.507. The first-order valence-corrected chi connectivity index (χ1v) is 13.2. The first-order valence-electron chi connectivity index (χ1n) is 10.2. The second kappa shape index (κ2) is 11.2. The van der Waals surface area contributed by atoms with Gasteiger partial charge in [-0.3, -0.25) is 4.79 Å². The van der Waals surface area contributed by atoms with Gasteiger partial charge in [0.1, 0.15) is 9.90 Å². The third-order valence-electron chi connectivity index (χ3n) is 5.19. The molecule has 1 N–H and O–H groups in total. The lowest BCUT2D eigenvalue weighted by atomic mass is 10.1. The molecule has 0 bridgehead atoms. The third-order valence-corrected chi connectivity index (χ3v) is 8.99. The van der Waals surface area contributed by atoms with E-state index >= 15 is 0 Å². The van der Waals surface area contributed by atoms with Crippen LogP contribution in [0.2, 0.25) is 10.0 Å². The number of esters is 2. The second-order valence-electron chi connectivity index (χ2n) is 7.38. The molecule has 14 heteroatoms. The highest BCUT2D eigenvalue weighted by Gasteiger charge is 2.30. The average Bonchev–Trinajstić information content (AvgIpc) is 3.10. The number of sulfonamides is 1. The number of rotatable bonds is 7. The number of aryl methyl sites for hydroxylation is 1. The van der Waals surface area contributed by atoms with Crippen LogP contribution < -0.4 is 5.32 Å². The summed E-state index contributed by atoms with van der Waals surface area (Å²) >= 11 is 13.4. The van der Waals surface area contributed by atoms with E-state index in [2.05, 4.69) is 5.32 Å². The molecule has 2 heterocycles. The lowest BCUT2D eigenvalue weighted by Gasteiger charge is -2.26. The van der Waals surface area contributed by atoms with Crippen molar-refractivity contribution in [2.75, 3.05) is 45.3 Å². The number of halogens is 2. The van der Waals surface area contributed by atoms with E-state index in [1.165, 1.54) is 22.8 Å². The number of methoxy groups -OCH3 is 1. The van der Waals surface area contributed by atoms with Gasteiger partial charge in [-0.05, 0) is 31.5 Å². The first kappa shape index (κ1) is 27.4. The summed E-state index contributed by atoms with van der Waals surface area (Å²) in [4.78, 5) is 37.6. The fourth-order valence-corrected chi connectivity index (χ4v) is 6.54. The number of anilines is 1. The molecule has 0 unspecified atom stereocenters. The molecule has 3 rings (SSSR count). The van der Waals surface area contributed by atoms with Gasteiger partial charge in [0.2, 0.25) is 10.0 Å². The smallest absolute Gasteiger partial charge is 0.341 e. The lowest BCUT2D eigenvalue weighted by molar-refractivity contribution is -0.119. The molecule has 1 amide bonds. The Labute approximate surface area is 216 Å². The van der Waals surface area contributed by atoms with Crippen molar-refractivity contribution < 1.29 is 37.0 Å². The SMILES string of the molecule is COC(=O)c1c(NC(=O)COC(=O)c2cc(S(=O)(=O)N3CCOCC3)c(Cl)cc2Cl)sc(C)c1C. The van der Waals surface area contributed by atoms with Crippen LogP contribution in [0.3, 0.4) is 0 Å². The summed E-state index contributed by atoms with van der Waals surface area (Å²) in [5.41, 5.74) is 0.609. The van der Waals surface area contributed by atoms with Crippen LogP contribution in [0.25, 0.3) is 0 Å². The third kappa shape index (κ3) is 5.96. The highest BCUT2D eigenvalue weighted by Crippen LogP contribution is 2.33. The van der Waals surface area contributed by atoms with Gasteiger partial charge in [-0.15, -0.1) is 11.3 Å². The minimum absolute atomic E-state index is 0.135. The minimum Gasteiger partial charge on any atom is -0.465 e. The van der Waals surface area contributed by atoms with Gasteiger partial charge in [0.05, 0.1) is 41.5 Å². The lowest BCUT2D eigenvalue weighted by Crippen LogP contribution is -2.40. The van der Waals surface area contributed by atoms with Crippen molar-refractivity contribution in [3.8, 4) is 0 Å². The molecular weight excluding hydrogens is 543 g/mol. The summed E-state index contributed by atoms with van der Waals surface area (Å²) < 4.78 is 42.2. The van der Waals surface area contributed by atoms with E-state index in [4.69, 9.17) is 37.4 Å². The van der Waals surface area contributed by atoms with E-state index in [9.17, 15) is 22.8 Å². The van der Waals surface area contributed by atoms with Crippen molar-refractivity contribution in [1.29, 1.82) is 0 Å². The van der Waals surface area contributed by atoms with E-state index in [0.717, 1.165) is 17.0 Å². The predicted molar refractivity (Wildman–Crippen MR) is 130 cm³/mol. The topological polar surface area (TPSA) is 128 Å². The summed E-state index contributed by atoms with van der Waals surface area (Å²) in [5, 5.41) is 2.49. The van der Waals surface area contributed by atoms with Crippen molar-refractivity contribution >= 4 is 67.4 Å². The molecule has 1 aliphatic heterocycles. The number of thiophene rings is 1. The van der Waals surface area contributed by atoms with Gasteiger partial charge in [0, 0.05) is 18.0 Å². The Hall–Kier alpha value is -2.22. The monoisotopic (exact) mass is 564 g/mol. The van der Waals surface area contributed by atoms with Crippen molar-refractivity contribution in [3.63, 3.8) is 0 Å². The number of nitrogens with one attached hydrogen (secondary N) is 1. The molecule has 1 aromatic carbocycles. The van der Waals surface area contributed by atoms with Gasteiger partial charge >= 0.3 is 11.9 Å². The summed E-state index contributed by atoms with van der Waals surface area (Å²) in [6.07, 6.45) is 0. The molecule has 1 aliphatic rings. The zero-order chi connectivity index (χ0) is 25.9.